The van der Waals surface area contributed by atoms with Gasteiger partial charge in [-0.25, -0.2) is 4.98 Å². The monoisotopic (exact) mass is 420 g/mol. The third kappa shape index (κ3) is 5.30. The van der Waals surface area contributed by atoms with Crippen LogP contribution in [0.15, 0.2) is 47.8 Å². The van der Waals surface area contributed by atoms with Gasteiger partial charge in [0.05, 0.1) is 10.7 Å². The number of anilines is 1. The first kappa shape index (κ1) is 19.8. The highest BCUT2D eigenvalue weighted by Crippen LogP contribution is 2.32. The number of carbonyl (C=O) groups is 1. The molecule has 3 N–H and O–H groups in total. The lowest BCUT2D eigenvalue weighted by Gasteiger charge is -2.11. The fraction of sp³-hybridized carbons (Fsp3) is 0.200. The van der Waals surface area contributed by atoms with Crippen molar-refractivity contribution in [2.24, 2.45) is 0 Å². The highest BCUT2D eigenvalue weighted by atomic mass is 35.5. The minimum Gasteiger partial charge on any atom is -0.333 e. The molecule has 4 nitrogen and oxygen atoms in total. The van der Waals surface area contributed by atoms with E-state index in [2.05, 4.69) is 48.4 Å². The number of hydrogen-bond acceptors (Lipinski definition) is 3. The third-order valence-electron chi connectivity index (χ3n) is 4.22. The summed E-state index contributed by atoms with van der Waals surface area (Å²) in [5, 5.41) is 8.38. The minimum atomic E-state index is -0.0861. The number of nitrogens with zero attached hydrogens (tertiary/aromatic N) is 1. The lowest BCUT2D eigenvalue weighted by Crippen LogP contribution is -2.86. The number of carbonyl (C=O) groups excluding carboxylic acids is 1. The molecular formula is C20H20Cl2N3OS+. The molecule has 0 aliphatic rings. The molecule has 3 rings (SSSR count). The fourth-order valence-electron chi connectivity index (χ4n) is 2.61. The number of rotatable bonds is 6. The van der Waals surface area contributed by atoms with Crippen molar-refractivity contribution in [3.05, 3.63) is 69.0 Å². The second kappa shape index (κ2) is 8.85. The van der Waals surface area contributed by atoms with Crippen molar-refractivity contribution >= 4 is 45.6 Å². The molecule has 0 saturated heterocycles. The van der Waals surface area contributed by atoms with Gasteiger partial charge in [-0.05, 0) is 32.0 Å². The van der Waals surface area contributed by atoms with Crippen LogP contribution in [-0.2, 0) is 4.79 Å². The number of benzene rings is 2. The summed E-state index contributed by atoms with van der Waals surface area (Å²) in [6.45, 7) is 4.47. The van der Waals surface area contributed by atoms with Gasteiger partial charge in [-0.15, -0.1) is 11.3 Å². The zero-order valence-electron chi connectivity index (χ0n) is 15.0. The Morgan fingerprint density at radius 3 is 2.67 bits per heavy atom. The van der Waals surface area contributed by atoms with Crippen LogP contribution >= 0.6 is 34.5 Å². The second-order valence-corrected chi connectivity index (χ2v) is 8.05. The molecule has 27 heavy (non-hydrogen) atoms. The molecule has 1 atom stereocenters. The standard InChI is InChI=1S/C20H19Cl2N3OS/c1-12-3-5-14(6-4-12)13(2)23-10-19(26)25-20-24-18(11-27-20)16-8-7-15(21)9-17(16)22/h3-9,11,13,23H,10H2,1-2H3,(H,24,25,26)/p+1. The van der Waals surface area contributed by atoms with Crippen LogP contribution in [0.3, 0.4) is 0 Å². The summed E-state index contributed by atoms with van der Waals surface area (Å²) in [4.78, 5) is 16.7. The SMILES string of the molecule is Cc1ccc(C(C)[NH2+]CC(=O)Nc2nc(-c3ccc(Cl)cc3Cl)cs2)cc1. The molecule has 140 valence electrons. The zero-order valence-corrected chi connectivity index (χ0v) is 17.3. The predicted octanol–water partition coefficient (Wildman–Crippen LogP) is 4.69. The Bertz CT molecular complexity index is 941. The minimum absolute atomic E-state index is 0.0861. The molecule has 0 bridgehead atoms. The van der Waals surface area contributed by atoms with E-state index in [4.69, 9.17) is 23.2 Å². The van der Waals surface area contributed by atoms with Gasteiger partial charge >= 0.3 is 0 Å². The van der Waals surface area contributed by atoms with Crippen LogP contribution in [0.5, 0.6) is 0 Å². The average Bonchev–Trinajstić information content (AvgIpc) is 3.08. The van der Waals surface area contributed by atoms with Crippen molar-refractivity contribution in [3.63, 3.8) is 0 Å². The largest absolute Gasteiger partial charge is 0.333 e. The summed E-state index contributed by atoms with van der Waals surface area (Å²) in [5.74, 6) is -0.0861. The van der Waals surface area contributed by atoms with Gasteiger partial charge in [0.15, 0.2) is 11.7 Å². The summed E-state index contributed by atoms with van der Waals surface area (Å²) in [7, 11) is 0. The van der Waals surface area contributed by atoms with Gasteiger partial charge in [-0.2, -0.15) is 0 Å². The summed E-state index contributed by atoms with van der Waals surface area (Å²) in [6.07, 6.45) is 0. The van der Waals surface area contributed by atoms with Crippen molar-refractivity contribution in [1.29, 1.82) is 0 Å². The van der Waals surface area contributed by atoms with Crippen LogP contribution in [0.25, 0.3) is 11.3 Å². The molecule has 0 spiro atoms. The number of hydrogen-bond donors (Lipinski definition) is 2. The fourth-order valence-corrected chi connectivity index (χ4v) is 3.84. The number of quaternary nitrogens is 1. The van der Waals surface area contributed by atoms with Gasteiger partial charge in [0.1, 0.15) is 6.04 Å². The van der Waals surface area contributed by atoms with E-state index in [1.54, 1.807) is 12.1 Å². The molecule has 1 unspecified atom stereocenters. The van der Waals surface area contributed by atoms with Gasteiger partial charge < -0.3 is 5.32 Å². The van der Waals surface area contributed by atoms with Crippen LogP contribution in [-0.4, -0.2) is 17.4 Å². The highest BCUT2D eigenvalue weighted by Gasteiger charge is 2.14. The van der Waals surface area contributed by atoms with E-state index in [9.17, 15) is 4.79 Å². The lowest BCUT2D eigenvalue weighted by atomic mass is 10.1. The van der Waals surface area contributed by atoms with Gasteiger partial charge in [0, 0.05) is 21.5 Å². The molecule has 0 radical (unpaired) electrons. The van der Waals surface area contributed by atoms with Crippen molar-refractivity contribution in [2.75, 3.05) is 11.9 Å². The molecule has 0 fully saturated rings. The molecule has 1 aromatic heterocycles. The van der Waals surface area contributed by atoms with E-state index in [1.807, 2.05) is 16.8 Å². The molecule has 3 aromatic rings. The lowest BCUT2D eigenvalue weighted by molar-refractivity contribution is -0.682. The van der Waals surface area contributed by atoms with Crippen molar-refractivity contribution < 1.29 is 10.1 Å². The third-order valence-corrected chi connectivity index (χ3v) is 5.52. The maximum atomic E-state index is 12.2. The number of nitrogens with two attached hydrogens (primary N) is 1. The molecular weight excluding hydrogens is 401 g/mol. The number of aryl methyl sites for hydroxylation is 1. The number of aromatic nitrogens is 1. The van der Waals surface area contributed by atoms with Gasteiger partial charge in [0.25, 0.3) is 5.91 Å². The van der Waals surface area contributed by atoms with Gasteiger partial charge in [-0.3, -0.25) is 10.1 Å². The molecule has 0 saturated carbocycles. The first-order valence-corrected chi connectivity index (χ1v) is 10.2. The zero-order chi connectivity index (χ0) is 19.4. The van der Waals surface area contributed by atoms with E-state index < -0.39 is 0 Å². The molecule has 0 aliphatic carbocycles. The van der Waals surface area contributed by atoms with E-state index in [0.717, 1.165) is 5.56 Å². The number of thiazole rings is 1. The van der Waals surface area contributed by atoms with E-state index in [1.165, 1.54) is 22.5 Å². The maximum absolute atomic E-state index is 12.2. The second-order valence-electron chi connectivity index (χ2n) is 6.35. The maximum Gasteiger partial charge on any atom is 0.281 e. The average molecular weight is 421 g/mol. The van der Waals surface area contributed by atoms with Crippen LogP contribution in [0, 0.1) is 6.92 Å². The normalized spacial score (nSPS) is 12.0. The number of nitrogens with one attached hydrogen (secondary N) is 1. The summed E-state index contributed by atoms with van der Waals surface area (Å²) >= 11 is 13.5. The smallest absolute Gasteiger partial charge is 0.281 e. The Morgan fingerprint density at radius 2 is 1.96 bits per heavy atom. The van der Waals surface area contributed by atoms with Crippen LogP contribution in [0.4, 0.5) is 5.13 Å². The van der Waals surface area contributed by atoms with Crippen LogP contribution in [0.2, 0.25) is 10.0 Å². The van der Waals surface area contributed by atoms with Crippen molar-refractivity contribution in [3.8, 4) is 11.3 Å². The molecule has 2 aromatic carbocycles. The molecule has 7 heteroatoms. The summed E-state index contributed by atoms with van der Waals surface area (Å²) < 4.78 is 0. The molecule has 1 heterocycles. The van der Waals surface area contributed by atoms with E-state index >= 15 is 0 Å². The van der Waals surface area contributed by atoms with E-state index in [-0.39, 0.29) is 11.9 Å². The Hall–Kier alpha value is -1.92. The highest BCUT2D eigenvalue weighted by molar-refractivity contribution is 7.14. The van der Waals surface area contributed by atoms with Crippen molar-refractivity contribution in [1.82, 2.24) is 4.98 Å². The Kier molecular flexibility index (Phi) is 6.50. The first-order chi connectivity index (χ1) is 12.9. The topological polar surface area (TPSA) is 58.6 Å². The molecule has 1 amide bonds. The van der Waals surface area contributed by atoms with Crippen LogP contribution < -0.4 is 10.6 Å². The Balaban J connectivity index is 1.57. The number of halogens is 2. The van der Waals surface area contributed by atoms with Crippen molar-refractivity contribution in [2.45, 2.75) is 19.9 Å². The first-order valence-electron chi connectivity index (χ1n) is 8.53. The van der Waals surface area contributed by atoms with Gasteiger partial charge in [-0.1, -0.05) is 53.0 Å². The molecule has 0 aliphatic heterocycles. The van der Waals surface area contributed by atoms with E-state index in [0.29, 0.717) is 27.4 Å². The summed E-state index contributed by atoms with van der Waals surface area (Å²) in [5.41, 5.74) is 3.93. The number of amides is 1. The van der Waals surface area contributed by atoms with Crippen LogP contribution in [0.1, 0.15) is 24.1 Å². The predicted molar refractivity (Wildman–Crippen MR) is 113 cm³/mol. The Labute approximate surface area is 172 Å². The Morgan fingerprint density at radius 1 is 1.22 bits per heavy atom. The quantitative estimate of drug-likeness (QED) is 0.607. The van der Waals surface area contributed by atoms with Gasteiger partial charge in [0.2, 0.25) is 0 Å². The summed E-state index contributed by atoms with van der Waals surface area (Å²) in [6, 6.07) is 13.8.